The Morgan fingerprint density at radius 3 is 2.59 bits per heavy atom. The quantitative estimate of drug-likeness (QED) is 0.777. The average molecular weight is 292 g/mol. The molecule has 0 atom stereocenters. The fourth-order valence-electron chi connectivity index (χ4n) is 2.25. The number of H-pyrrole nitrogens is 1. The van der Waals surface area contributed by atoms with Gasteiger partial charge in [0.1, 0.15) is 5.69 Å². The first-order chi connectivity index (χ1) is 10.6. The Morgan fingerprint density at radius 2 is 1.86 bits per heavy atom. The molecule has 0 aliphatic rings. The minimum absolute atomic E-state index is 0.209. The van der Waals surface area contributed by atoms with E-state index in [9.17, 15) is 4.79 Å². The minimum atomic E-state index is -0.209. The zero-order valence-corrected chi connectivity index (χ0v) is 12.4. The highest BCUT2D eigenvalue weighted by atomic mass is 16.1. The largest absolute Gasteiger partial charge is 0.320 e. The van der Waals surface area contributed by atoms with Crippen LogP contribution in [0, 0.1) is 13.8 Å². The van der Waals surface area contributed by atoms with Crippen molar-refractivity contribution in [2.24, 2.45) is 0 Å². The van der Waals surface area contributed by atoms with Crippen molar-refractivity contribution in [3.05, 3.63) is 65.6 Å². The van der Waals surface area contributed by atoms with E-state index in [4.69, 9.17) is 0 Å². The van der Waals surface area contributed by atoms with E-state index < -0.39 is 0 Å². The first-order valence-electron chi connectivity index (χ1n) is 6.98. The van der Waals surface area contributed by atoms with Crippen LogP contribution in [0.15, 0.2) is 48.8 Å². The van der Waals surface area contributed by atoms with Gasteiger partial charge in [0.15, 0.2) is 0 Å². The van der Waals surface area contributed by atoms with Gasteiger partial charge in [-0.1, -0.05) is 17.7 Å². The number of benzene rings is 1. The van der Waals surface area contributed by atoms with Crippen LogP contribution >= 0.6 is 0 Å². The van der Waals surface area contributed by atoms with Gasteiger partial charge in [0.2, 0.25) is 0 Å². The second-order valence-electron chi connectivity index (χ2n) is 5.18. The lowest BCUT2D eigenvalue weighted by molar-refractivity contribution is 0.102. The summed E-state index contributed by atoms with van der Waals surface area (Å²) in [6.07, 6.45) is 3.39. The van der Waals surface area contributed by atoms with Gasteiger partial charge in [-0.3, -0.25) is 14.9 Å². The van der Waals surface area contributed by atoms with E-state index >= 15 is 0 Å². The normalized spacial score (nSPS) is 10.5. The molecule has 0 saturated heterocycles. The number of aromatic amines is 1. The summed E-state index contributed by atoms with van der Waals surface area (Å²) >= 11 is 0. The van der Waals surface area contributed by atoms with Gasteiger partial charge in [0, 0.05) is 23.6 Å². The van der Waals surface area contributed by atoms with Gasteiger partial charge in [-0.15, -0.1) is 0 Å². The maximum Gasteiger partial charge on any atom is 0.273 e. The van der Waals surface area contributed by atoms with Crippen LogP contribution in [-0.2, 0) is 0 Å². The van der Waals surface area contributed by atoms with Crippen molar-refractivity contribution < 1.29 is 4.79 Å². The maximum atomic E-state index is 12.3. The molecule has 22 heavy (non-hydrogen) atoms. The van der Waals surface area contributed by atoms with Crippen LogP contribution in [0.1, 0.15) is 21.6 Å². The molecule has 5 heteroatoms. The maximum absolute atomic E-state index is 12.3. The number of nitrogens with zero attached hydrogens (tertiary/aromatic N) is 2. The predicted octanol–water partition coefficient (Wildman–Crippen LogP) is 3.34. The average Bonchev–Trinajstić information content (AvgIpc) is 3.01. The molecule has 2 heterocycles. The summed E-state index contributed by atoms with van der Waals surface area (Å²) < 4.78 is 0. The number of pyridine rings is 1. The number of nitrogens with one attached hydrogen (secondary N) is 2. The first-order valence-corrected chi connectivity index (χ1v) is 6.98. The molecule has 0 spiro atoms. The van der Waals surface area contributed by atoms with Crippen LogP contribution in [0.4, 0.5) is 5.69 Å². The van der Waals surface area contributed by atoms with Gasteiger partial charge in [-0.25, -0.2) is 0 Å². The molecule has 2 N–H and O–H groups in total. The molecule has 3 aromatic rings. The number of hydrogen-bond acceptors (Lipinski definition) is 3. The molecule has 0 fully saturated rings. The molecule has 0 aliphatic heterocycles. The lowest BCUT2D eigenvalue weighted by atomic mass is 10.1. The summed E-state index contributed by atoms with van der Waals surface area (Å²) in [5.41, 5.74) is 5.05. The lowest BCUT2D eigenvalue weighted by Crippen LogP contribution is -2.13. The topological polar surface area (TPSA) is 70.7 Å². The molecular formula is C17H16N4O. The number of rotatable bonds is 3. The Kier molecular flexibility index (Phi) is 3.70. The van der Waals surface area contributed by atoms with Crippen LogP contribution in [-0.4, -0.2) is 21.1 Å². The SMILES string of the molecule is Cc1ccc(NC(=O)c2cc(-c3ccncc3)n[nH]2)c(C)c1. The van der Waals surface area contributed by atoms with Crippen molar-refractivity contribution in [1.29, 1.82) is 0 Å². The van der Waals surface area contributed by atoms with Crippen LogP contribution in [0.3, 0.4) is 0 Å². The molecule has 5 nitrogen and oxygen atoms in total. The molecule has 1 aromatic carbocycles. The number of hydrogen-bond donors (Lipinski definition) is 2. The number of aromatic nitrogens is 3. The Balaban J connectivity index is 1.80. The molecule has 0 aliphatic carbocycles. The highest BCUT2D eigenvalue weighted by Gasteiger charge is 2.12. The Hall–Kier alpha value is -2.95. The van der Waals surface area contributed by atoms with Gasteiger partial charge in [-0.2, -0.15) is 5.10 Å². The third-order valence-corrected chi connectivity index (χ3v) is 3.43. The zero-order valence-electron chi connectivity index (χ0n) is 12.4. The molecule has 0 bridgehead atoms. The molecule has 110 valence electrons. The van der Waals surface area contributed by atoms with Crippen molar-refractivity contribution in [2.45, 2.75) is 13.8 Å². The summed E-state index contributed by atoms with van der Waals surface area (Å²) in [5, 5.41) is 9.84. The molecule has 3 rings (SSSR count). The van der Waals surface area contributed by atoms with Crippen molar-refractivity contribution in [3.63, 3.8) is 0 Å². The van der Waals surface area contributed by atoms with Gasteiger partial charge in [0.05, 0.1) is 5.69 Å². The van der Waals surface area contributed by atoms with Crippen molar-refractivity contribution in [1.82, 2.24) is 15.2 Å². The van der Waals surface area contributed by atoms with Crippen LogP contribution < -0.4 is 5.32 Å². The third kappa shape index (κ3) is 2.88. The van der Waals surface area contributed by atoms with Crippen molar-refractivity contribution in [3.8, 4) is 11.3 Å². The van der Waals surface area contributed by atoms with E-state index in [1.54, 1.807) is 18.5 Å². The third-order valence-electron chi connectivity index (χ3n) is 3.43. The first kappa shape index (κ1) is 14.0. The fraction of sp³-hybridized carbons (Fsp3) is 0.118. The smallest absolute Gasteiger partial charge is 0.273 e. The number of anilines is 1. The fourth-order valence-corrected chi connectivity index (χ4v) is 2.25. The second-order valence-corrected chi connectivity index (χ2v) is 5.18. The zero-order chi connectivity index (χ0) is 15.5. The predicted molar refractivity (Wildman–Crippen MR) is 85.7 cm³/mol. The van der Waals surface area contributed by atoms with E-state index in [2.05, 4.69) is 20.5 Å². The van der Waals surface area contributed by atoms with Crippen LogP contribution in [0.5, 0.6) is 0 Å². The van der Waals surface area contributed by atoms with Gasteiger partial charge >= 0.3 is 0 Å². The summed E-state index contributed by atoms with van der Waals surface area (Å²) in [5.74, 6) is -0.209. The molecule has 0 unspecified atom stereocenters. The summed E-state index contributed by atoms with van der Waals surface area (Å²) in [4.78, 5) is 16.3. The molecule has 0 saturated carbocycles. The van der Waals surface area contributed by atoms with E-state index in [1.165, 1.54) is 0 Å². The van der Waals surface area contributed by atoms with E-state index in [1.807, 2.05) is 44.2 Å². The van der Waals surface area contributed by atoms with Crippen molar-refractivity contribution in [2.75, 3.05) is 5.32 Å². The Morgan fingerprint density at radius 1 is 1.09 bits per heavy atom. The van der Waals surface area contributed by atoms with Crippen molar-refractivity contribution >= 4 is 11.6 Å². The molecule has 1 amide bonds. The molecular weight excluding hydrogens is 276 g/mol. The number of amides is 1. The van der Waals surface area contributed by atoms with E-state index in [0.717, 1.165) is 22.4 Å². The summed E-state index contributed by atoms with van der Waals surface area (Å²) in [7, 11) is 0. The van der Waals surface area contributed by atoms with E-state index in [0.29, 0.717) is 11.4 Å². The molecule has 0 radical (unpaired) electrons. The standard InChI is InChI=1S/C17H16N4O/c1-11-3-4-14(12(2)9-11)19-17(22)16-10-15(20-21-16)13-5-7-18-8-6-13/h3-10H,1-2H3,(H,19,22)(H,20,21). The number of carbonyl (C=O) groups is 1. The highest BCUT2D eigenvalue weighted by molar-refractivity contribution is 6.03. The Labute approximate surface area is 128 Å². The van der Waals surface area contributed by atoms with Gasteiger partial charge < -0.3 is 5.32 Å². The molecule has 2 aromatic heterocycles. The monoisotopic (exact) mass is 292 g/mol. The van der Waals surface area contributed by atoms with Crippen LogP contribution in [0.2, 0.25) is 0 Å². The van der Waals surface area contributed by atoms with Gasteiger partial charge in [0.25, 0.3) is 5.91 Å². The van der Waals surface area contributed by atoms with E-state index in [-0.39, 0.29) is 5.91 Å². The second kappa shape index (κ2) is 5.81. The summed E-state index contributed by atoms with van der Waals surface area (Å²) in [6.45, 7) is 3.99. The van der Waals surface area contributed by atoms with Gasteiger partial charge in [-0.05, 0) is 43.7 Å². The summed E-state index contributed by atoms with van der Waals surface area (Å²) in [6, 6.07) is 11.3. The number of aryl methyl sites for hydroxylation is 2. The number of carbonyl (C=O) groups excluding carboxylic acids is 1. The lowest BCUT2D eigenvalue weighted by Gasteiger charge is -2.07. The van der Waals surface area contributed by atoms with Crippen LogP contribution in [0.25, 0.3) is 11.3 Å². The minimum Gasteiger partial charge on any atom is -0.320 e. The highest BCUT2D eigenvalue weighted by Crippen LogP contribution is 2.19. The Bertz CT molecular complexity index is 809.